The maximum Gasteiger partial charge on any atom is 0.373 e. The van der Waals surface area contributed by atoms with Gasteiger partial charge in [-0.15, -0.1) is 0 Å². The Morgan fingerprint density at radius 3 is 1.64 bits per heavy atom. The van der Waals surface area contributed by atoms with E-state index in [2.05, 4.69) is 119 Å². The Balaban J connectivity index is 0.000000459. The van der Waals surface area contributed by atoms with Crippen molar-refractivity contribution in [1.29, 1.82) is 0 Å². The second kappa shape index (κ2) is 58.3. The third kappa shape index (κ3) is 32.0. The molecule has 2 saturated heterocycles. The molecule has 6 heterocycles. The number of rotatable bonds is 52. The summed E-state index contributed by atoms with van der Waals surface area (Å²) in [5.41, 5.74) is 2.93. The number of carboxylic acids is 1. The highest BCUT2D eigenvalue weighted by atomic mass is 32.1. The van der Waals surface area contributed by atoms with Crippen molar-refractivity contribution in [3.05, 3.63) is 76.5 Å². The molecule has 133 heavy (non-hydrogen) atoms. The molecule has 1 aliphatic carbocycles. The molecule has 5 aliphatic heterocycles. The zero-order chi connectivity index (χ0) is 98.8. The number of hydrogen-bond donors (Lipinski definition) is 13. The molecule has 14 unspecified atom stereocenters. The SMILES string of the molecule is CCC(CO)OC(CO)OC.CCC(CO)OC(COC(=O)CCCC(=O)NC(C)C(=O)OCCCCC(=O)[C@]1(O)C2N(C)c3cc(C)c([C@@]4(C)C[C@@H]5CN(CCc6c4[nH]c4ccccc64)CC(O)(CC)C5)cc3C23CCN2CC=C[C@](CC)(C23)[C@H]1O)OC.CCC(CO)OC(COC(=O)CCCC(=O)NCCS)OC.CCC(CO)OC(COC(=O)CCCC(=O)O)OC.O=C=O. The number of carboxylic acid groups (broad SMARTS) is 1. The number of aliphatic hydroxyl groups excluding tert-OH is 6. The normalized spacial score (nSPS) is 24.5. The van der Waals surface area contributed by atoms with E-state index >= 15 is 4.79 Å². The number of carbonyl (C=O) groups is 8. The number of ketones is 1. The van der Waals surface area contributed by atoms with Crippen LogP contribution in [0.4, 0.5) is 5.69 Å². The number of aliphatic carboxylic acids is 1. The number of aryl methyl sites for hydroxylation is 1. The number of anilines is 1. The van der Waals surface area contributed by atoms with Crippen LogP contribution in [0, 0.1) is 18.3 Å². The molecule has 3 aromatic rings. The van der Waals surface area contributed by atoms with E-state index in [-0.39, 0.29) is 166 Å². The van der Waals surface area contributed by atoms with Crippen LogP contribution in [0.3, 0.4) is 0 Å². The number of unbranched alkanes of at least 4 members (excludes halogenated alkanes) is 1. The number of hydrogen-bond acceptors (Lipinski definition) is 34. The molecular formula is C95H152N6O31S. The van der Waals surface area contributed by atoms with Gasteiger partial charge >= 0.3 is 36.0 Å². The molecule has 1 saturated carbocycles. The minimum Gasteiger partial charge on any atom is -0.481 e. The molecule has 19 atom stereocenters. The zero-order valence-corrected chi connectivity index (χ0v) is 81.2. The third-order valence-corrected chi connectivity index (χ3v) is 26.3. The monoisotopic (exact) mass is 1910 g/mol. The van der Waals surface area contributed by atoms with E-state index in [9.17, 15) is 54.0 Å². The molecule has 1 aromatic heterocycles. The van der Waals surface area contributed by atoms with Crippen LogP contribution in [0.1, 0.15) is 218 Å². The average Bonchev–Trinajstić information content (AvgIpc) is 1.48. The summed E-state index contributed by atoms with van der Waals surface area (Å²) in [6.45, 7) is 21.2. The summed E-state index contributed by atoms with van der Waals surface area (Å²) in [6.07, 6.45) is 7.26. The van der Waals surface area contributed by atoms with Gasteiger partial charge in [-0.2, -0.15) is 22.2 Å². The Kier molecular flexibility index (Phi) is 50.8. The summed E-state index contributed by atoms with van der Waals surface area (Å²) < 4.78 is 62.1. The van der Waals surface area contributed by atoms with Gasteiger partial charge in [0.1, 0.15) is 32.0 Å². The summed E-state index contributed by atoms with van der Waals surface area (Å²) in [6, 6.07) is 11.4. The minimum absolute atomic E-state index is 0.0183. The number of amides is 2. The van der Waals surface area contributed by atoms with Crippen molar-refractivity contribution in [2.45, 2.75) is 299 Å². The molecule has 6 aliphatic rings. The van der Waals surface area contributed by atoms with Crippen LogP contribution in [-0.2, 0) is 122 Å². The third-order valence-electron chi connectivity index (χ3n) is 26.0. The lowest BCUT2D eigenvalue weighted by Crippen LogP contribution is -2.80. The number of aromatic nitrogens is 1. The first-order valence-corrected chi connectivity index (χ1v) is 47.3. The molecule has 38 heteroatoms. The van der Waals surface area contributed by atoms with Crippen molar-refractivity contribution in [3.8, 4) is 0 Å². The van der Waals surface area contributed by atoms with Crippen molar-refractivity contribution in [2.24, 2.45) is 11.3 Å². The number of benzene rings is 2. The molecule has 12 N–H and O–H groups in total. The van der Waals surface area contributed by atoms with Crippen LogP contribution in [0.2, 0.25) is 0 Å². The van der Waals surface area contributed by atoms with Gasteiger partial charge in [-0.25, -0.2) is 4.79 Å². The lowest BCUT2D eigenvalue weighted by Gasteiger charge is -2.63. The fraction of sp³-hybridized carbons (Fsp3) is 0.737. The first-order chi connectivity index (χ1) is 63.5. The summed E-state index contributed by atoms with van der Waals surface area (Å²) in [5.74, 6) is -3.21. The van der Waals surface area contributed by atoms with Crippen LogP contribution in [-0.4, -0.2) is 339 Å². The number of aromatic amines is 1. The van der Waals surface area contributed by atoms with E-state index in [4.69, 9.17) is 92.0 Å². The van der Waals surface area contributed by atoms with E-state index in [0.717, 1.165) is 61.2 Å². The van der Waals surface area contributed by atoms with Gasteiger partial charge in [-0.05, 0) is 164 Å². The number of ether oxygens (including phenoxy) is 12. The van der Waals surface area contributed by atoms with E-state index in [1.807, 2.05) is 34.7 Å². The number of Topliss-reactive ketones (excluding diaryl/α,β-unsaturated/α-hetero) is 1. The van der Waals surface area contributed by atoms with Gasteiger partial charge in [0.2, 0.25) is 11.8 Å². The van der Waals surface area contributed by atoms with Crippen molar-refractivity contribution in [3.63, 3.8) is 0 Å². The summed E-state index contributed by atoms with van der Waals surface area (Å²) in [5, 5.41) is 98.2. The number of para-hydroxylation sites is 1. The van der Waals surface area contributed by atoms with E-state index in [1.54, 1.807) is 0 Å². The Hall–Kier alpha value is -7.51. The van der Waals surface area contributed by atoms with Gasteiger partial charge in [-0.3, -0.25) is 43.4 Å². The molecule has 3 fully saturated rings. The number of nitrogens with zero attached hydrogens (tertiary/aromatic N) is 3. The average molecular weight is 1910 g/mol. The van der Waals surface area contributed by atoms with E-state index < -0.39 is 118 Å². The molecule has 37 nitrogen and oxygen atoms in total. The quantitative estimate of drug-likeness (QED) is 0.00785. The van der Waals surface area contributed by atoms with Crippen LogP contribution in [0.25, 0.3) is 10.9 Å². The number of thiol groups is 1. The largest absolute Gasteiger partial charge is 0.481 e. The number of piperidine rings is 1. The number of nitrogens with one attached hydrogen (secondary N) is 3. The van der Waals surface area contributed by atoms with E-state index in [1.165, 1.54) is 57.6 Å². The number of carbonyl (C=O) groups excluding carboxylic acids is 9. The number of aliphatic hydroxyl groups is 8. The van der Waals surface area contributed by atoms with E-state index in [0.29, 0.717) is 83.2 Å². The summed E-state index contributed by atoms with van der Waals surface area (Å²) >= 11 is 3.98. The molecule has 9 rings (SSSR count). The highest BCUT2D eigenvalue weighted by Crippen LogP contribution is 2.67. The molecule has 2 amide bonds. The topological polar surface area (TPSA) is 513 Å². The predicted molar refractivity (Wildman–Crippen MR) is 491 cm³/mol. The van der Waals surface area contributed by atoms with Gasteiger partial charge in [-0.1, -0.05) is 78.0 Å². The lowest BCUT2D eigenvalue weighted by molar-refractivity contribution is -0.202. The zero-order valence-electron chi connectivity index (χ0n) is 80.3. The number of methoxy groups -OCH3 is 4. The van der Waals surface area contributed by atoms with Crippen molar-refractivity contribution >= 4 is 82.8 Å². The molecule has 0 radical (unpaired) electrons. The van der Waals surface area contributed by atoms with Gasteiger partial charge in [0.15, 0.2) is 36.5 Å². The maximum atomic E-state index is 15.2. The molecule has 2 aromatic carbocycles. The fourth-order valence-corrected chi connectivity index (χ4v) is 19.2. The van der Waals surface area contributed by atoms with Gasteiger partial charge in [0.25, 0.3) is 0 Å². The standard InChI is InChI=1S/C61H87N5O12.C14H27NO6S.C12H22O7.C7H16O4.CO2/c1-9-41(35-67)78-51(75-8)36-77-50(70)22-16-21-49(69)62-39(5)53(71)76-29-15-14-20-48(68)61(74)55-60(25-28-66-26-17-24-59(11-3,54(60)66)56(61)72)45-31-44(38(4)30-47(45)64(55)7)57(6)32-40-33-58(73,10-2)37-65(34-40)27-23-43-42-18-12-13-19-46(42)63-52(43)57;1-3-11(9-16)21-14(19-2)10-20-13(18)6-4-5-12(17)15-7-8-22;1-3-9(7-13)19-12(17-2)8-18-11(16)6-4-5-10(14)15;1-3-6(4-8)11-7(5-9)10-2;2-1-3/h12-13,17-19,24,30-31,39-41,51,54-56,63,67,72-74H,9-11,14-16,20-23,25-29,32-37H2,1-8H3,(H,62,69);11,14,16,22H,3-10H2,1-2H3,(H,15,17);9,12-13H,3-8H2,1-2H3,(H,14,15);6-9H,3-5H2,1-2H3;/t39?,40-,41?,51?,54?,55?,56+,57+,58?,59+,60?,61-;;;;/m0..../s1. The second-order valence-electron chi connectivity index (χ2n) is 34.9. The fourth-order valence-electron chi connectivity index (χ4n) is 19.1. The minimum atomic E-state index is -2.17. The van der Waals surface area contributed by atoms with Crippen LogP contribution >= 0.6 is 12.6 Å². The van der Waals surface area contributed by atoms with Crippen molar-refractivity contribution in [2.75, 3.05) is 145 Å². The number of esters is 4. The summed E-state index contributed by atoms with van der Waals surface area (Å²) in [7, 11) is 7.69. The second-order valence-corrected chi connectivity index (χ2v) is 35.4. The van der Waals surface area contributed by atoms with Crippen molar-refractivity contribution < 1.29 is 151 Å². The lowest BCUT2D eigenvalue weighted by atomic mass is 9.47. The smallest absolute Gasteiger partial charge is 0.373 e. The number of fused-ring (bicyclic) bond motifs is 6. The molecule has 1 spiro atoms. The Bertz CT molecular complexity index is 4110. The van der Waals surface area contributed by atoms with Crippen LogP contribution in [0.5, 0.6) is 0 Å². The Morgan fingerprint density at radius 2 is 1.15 bits per heavy atom. The van der Waals surface area contributed by atoms with Gasteiger partial charge < -0.3 is 123 Å². The molecular weight excluding hydrogens is 1750 g/mol. The number of likely N-dealkylation sites (N-methyl/N-ethyl adjacent to an activating group) is 1. The highest BCUT2D eigenvalue weighted by molar-refractivity contribution is 7.80. The van der Waals surface area contributed by atoms with Gasteiger partial charge in [0, 0.05) is 163 Å². The first kappa shape index (κ1) is 116. The highest BCUT2D eigenvalue weighted by Gasteiger charge is 2.78. The maximum absolute atomic E-state index is 15.2. The van der Waals surface area contributed by atoms with Crippen LogP contribution < -0.4 is 15.5 Å². The van der Waals surface area contributed by atoms with Crippen LogP contribution in [0.15, 0.2) is 48.6 Å². The molecule has 754 valence electrons. The molecule has 2 bridgehead atoms. The first-order valence-electron chi connectivity index (χ1n) is 46.6. The predicted octanol–water partition coefficient (Wildman–Crippen LogP) is 5.86. The Morgan fingerprint density at radius 1 is 0.632 bits per heavy atom. The van der Waals surface area contributed by atoms with Gasteiger partial charge in [0.05, 0.1) is 75.7 Å². The van der Waals surface area contributed by atoms with Crippen molar-refractivity contribution in [1.82, 2.24) is 25.4 Å². The Labute approximate surface area is 787 Å². The number of H-pyrrole nitrogens is 1. The summed E-state index contributed by atoms with van der Waals surface area (Å²) in [4.78, 5) is 125.